The lowest BCUT2D eigenvalue weighted by molar-refractivity contribution is 0.00219. The van der Waals surface area contributed by atoms with Crippen LogP contribution >= 0.6 is 0 Å². The highest BCUT2D eigenvalue weighted by atomic mass is 28.4. The Balaban J connectivity index is 3.92. The van der Waals surface area contributed by atoms with Crippen LogP contribution in [-0.2, 0) is 53.1 Å². The zero-order chi connectivity index (χ0) is 41.8. The molecule has 1 aliphatic heterocycles. The maximum absolute atomic E-state index is 6.50. The third-order valence-corrected chi connectivity index (χ3v) is 21.6. The Bertz CT molecular complexity index is 732. The first-order valence-electron chi connectivity index (χ1n) is 21.8. The van der Waals surface area contributed by atoms with Crippen molar-refractivity contribution in [3.8, 4) is 0 Å². The summed E-state index contributed by atoms with van der Waals surface area (Å²) < 4.78 is 87.4. The molecule has 16 nitrogen and oxygen atoms in total. The van der Waals surface area contributed by atoms with Gasteiger partial charge in [0.15, 0.2) is 0 Å². The van der Waals surface area contributed by atoms with Crippen molar-refractivity contribution in [1.29, 1.82) is 0 Å². The van der Waals surface area contributed by atoms with Gasteiger partial charge in [0, 0.05) is 79.3 Å². The van der Waals surface area contributed by atoms with Gasteiger partial charge >= 0.3 is 35.9 Å². The summed E-state index contributed by atoms with van der Waals surface area (Å²) in [4.78, 5) is 0. The molecule has 56 heavy (non-hydrogen) atoms. The van der Waals surface area contributed by atoms with Crippen molar-refractivity contribution in [2.75, 3.05) is 132 Å². The molecule has 0 aromatic heterocycles. The SMILES string of the molecule is CCO[Si](OCC)(OCC)N1CCCN([Si](OCC)(OCC)OCC)CCCN([Si](OCC)(OCC)OCC)CCCN([Si](OCC)(OCC)OCC)CCC1. The summed E-state index contributed by atoms with van der Waals surface area (Å²) in [7, 11) is -13.0. The summed E-state index contributed by atoms with van der Waals surface area (Å²) in [6, 6.07) is 0. The molecule has 0 atom stereocenters. The van der Waals surface area contributed by atoms with Gasteiger partial charge in [-0.15, -0.1) is 0 Å². The molecule has 0 aromatic carbocycles. The predicted octanol–water partition coefficient (Wildman–Crippen LogP) is 4.95. The highest BCUT2D eigenvalue weighted by Gasteiger charge is 2.53. The summed E-state index contributed by atoms with van der Waals surface area (Å²) in [5.74, 6) is 0. The molecule has 0 unspecified atom stereocenters. The Kier molecular flexibility index (Phi) is 30.2. The number of nitrogens with zero attached hydrogens (tertiary/aromatic N) is 4. The normalized spacial score (nSPS) is 18.2. The van der Waals surface area contributed by atoms with Gasteiger partial charge < -0.3 is 53.1 Å². The van der Waals surface area contributed by atoms with E-state index >= 15 is 0 Å². The fraction of sp³-hybridized carbons (Fsp3) is 1.00. The van der Waals surface area contributed by atoms with Gasteiger partial charge in [0.05, 0.1) is 0 Å². The zero-order valence-corrected chi connectivity index (χ0v) is 41.7. The van der Waals surface area contributed by atoms with E-state index < -0.39 is 35.9 Å². The first kappa shape index (κ1) is 54.2. The first-order valence-corrected chi connectivity index (χ1v) is 28.5. The molecule has 1 rings (SSSR count). The molecule has 0 aliphatic carbocycles. The smallest absolute Gasteiger partial charge is 0.361 e. The standard InChI is InChI=1S/C36H84N4O12Si4/c1-13-41-53(42-14-2,43-15-3)37-29-25-31-38(54(44-16-4,45-17-5)46-18-6)33-27-35-40(56(50-22-10,51-23-11)52-24-12)36-28-34-39(32-26-30-37)55(47-19-7,48-20-8)49-21-9/h13-36H2,1-12H3. The van der Waals surface area contributed by atoms with Crippen molar-refractivity contribution in [1.82, 2.24) is 18.3 Å². The molecule has 0 bridgehead atoms. The zero-order valence-electron chi connectivity index (χ0n) is 37.7. The number of hydrogen-bond acceptors (Lipinski definition) is 16. The molecular formula is C36H84N4O12Si4. The van der Waals surface area contributed by atoms with Crippen LogP contribution in [0.3, 0.4) is 0 Å². The molecule has 1 heterocycles. The molecule has 0 N–H and O–H groups in total. The summed E-state index contributed by atoms with van der Waals surface area (Å²) in [6.45, 7) is 35.3. The van der Waals surface area contributed by atoms with E-state index in [1.54, 1.807) is 0 Å². The molecular weight excluding hydrogens is 793 g/mol. The number of rotatable bonds is 28. The van der Waals surface area contributed by atoms with Gasteiger partial charge in [-0.2, -0.15) is 0 Å². The van der Waals surface area contributed by atoms with Gasteiger partial charge in [-0.3, -0.25) is 18.3 Å². The quantitative estimate of drug-likeness (QED) is 0.0985. The highest BCUT2D eigenvalue weighted by Crippen LogP contribution is 2.25. The minimum absolute atomic E-state index is 0.484. The molecule has 20 heteroatoms. The van der Waals surface area contributed by atoms with Gasteiger partial charge in [0.25, 0.3) is 0 Å². The lowest BCUT2D eigenvalue weighted by atomic mass is 10.3. The Morgan fingerprint density at radius 2 is 0.339 bits per heavy atom. The fourth-order valence-electron chi connectivity index (χ4n) is 7.14. The molecule has 0 aromatic rings. The lowest BCUT2D eigenvalue weighted by Crippen LogP contribution is -2.65. The second-order valence-electron chi connectivity index (χ2n) is 12.7. The average molecular weight is 877 g/mol. The van der Waals surface area contributed by atoms with Gasteiger partial charge in [-0.25, -0.2) is 0 Å². The van der Waals surface area contributed by atoms with Gasteiger partial charge in [0.2, 0.25) is 0 Å². The van der Waals surface area contributed by atoms with Crippen LogP contribution in [0.15, 0.2) is 0 Å². The molecule has 0 amide bonds. The second-order valence-corrected chi connectivity index (χ2v) is 22.8. The van der Waals surface area contributed by atoms with Crippen LogP contribution in [0, 0.1) is 0 Å². The largest absolute Gasteiger partial charge is 0.599 e. The van der Waals surface area contributed by atoms with Crippen molar-refractivity contribution in [3.05, 3.63) is 0 Å². The van der Waals surface area contributed by atoms with Crippen LogP contribution in [0.4, 0.5) is 0 Å². The van der Waals surface area contributed by atoms with E-state index in [1.165, 1.54) is 0 Å². The van der Waals surface area contributed by atoms with Gasteiger partial charge in [-0.1, -0.05) is 0 Å². The van der Waals surface area contributed by atoms with Crippen molar-refractivity contribution < 1.29 is 53.1 Å². The van der Waals surface area contributed by atoms with Crippen LogP contribution < -0.4 is 0 Å². The lowest BCUT2D eigenvalue weighted by Gasteiger charge is -2.42. The molecule has 0 saturated carbocycles. The summed E-state index contributed by atoms with van der Waals surface area (Å²) >= 11 is 0. The minimum Gasteiger partial charge on any atom is -0.361 e. The van der Waals surface area contributed by atoms with E-state index in [0.29, 0.717) is 132 Å². The molecule has 1 fully saturated rings. The Hall–Kier alpha value is 0.228. The van der Waals surface area contributed by atoms with Crippen molar-refractivity contribution in [3.63, 3.8) is 0 Å². The third kappa shape index (κ3) is 16.6. The summed E-state index contributed by atoms with van der Waals surface area (Å²) in [5.41, 5.74) is 0. The van der Waals surface area contributed by atoms with Crippen molar-refractivity contribution in [2.45, 2.75) is 109 Å². The van der Waals surface area contributed by atoms with Gasteiger partial charge in [0.1, 0.15) is 0 Å². The monoisotopic (exact) mass is 877 g/mol. The Morgan fingerprint density at radius 3 is 0.429 bits per heavy atom. The first-order chi connectivity index (χ1) is 27.1. The Morgan fingerprint density at radius 1 is 0.232 bits per heavy atom. The van der Waals surface area contributed by atoms with Crippen LogP contribution in [0.5, 0.6) is 0 Å². The predicted molar refractivity (Wildman–Crippen MR) is 227 cm³/mol. The minimum atomic E-state index is -3.25. The third-order valence-electron chi connectivity index (χ3n) is 8.89. The fourth-order valence-corrected chi connectivity index (χ4v) is 18.2. The number of hydrogen-bond donors (Lipinski definition) is 0. The molecule has 1 aliphatic rings. The Labute approximate surface area is 346 Å². The van der Waals surface area contributed by atoms with E-state index in [9.17, 15) is 0 Å². The molecule has 0 radical (unpaired) electrons. The van der Waals surface area contributed by atoms with E-state index in [-0.39, 0.29) is 0 Å². The van der Waals surface area contributed by atoms with Crippen molar-refractivity contribution >= 4 is 35.9 Å². The average Bonchev–Trinajstić information content (AvgIpc) is 3.15. The summed E-state index contributed by atoms with van der Waals surface area (Å²) in [5, 5.41) is 0. The second kappa shape index (κ2) is 31.1. The maximum atomic E-state index is 6.50. The van der Waals surface area contributed by atoms with Crippen molar-refractivity contribution in [2.24, 2.45) is 0 Å². The van der Waals surface area contributed by atoms with Crippen LogP contribution in [0.1, 0.15) is 109 Å². The van der Waals surface area contributed by atoms with Crippen LogP contribution in [-0.4, -0.2) is 186 Å². The highest BCUT2D eigenvalue weighted by molar-refractivity contribution is 6.59. The molecule has 1 saturated heterocycles. The van der Waals surface area contributed by atoms with Crippen LogP contribution in [0.25, 0.3) is 0 Å². The van der Waals surface area contributed by atoms with E-state index in [0.717, 1.165) is 25.7 Å². The van der Waals surface area contributed by atoms with Crippen LogP contribution in [0.2, 0.25) is 0 Å². The van der Waals surface area contributed by atoms with E-state index in [4.69, 9.17) is 53.1 Å². The van der Waals surface area contributed by atoms with E-state index in [1.807, 2.05) is 83.1 Å². The van der Waals surface area contributed by atoms with Gasteiger partial charge in [-0.05, 0) is 161 Å². The molecule has 0 spiro atoms. The summed E-state index contributed by atoms with van der Waals surface area (Å²) in [6.07, 6.45) is 3.12. The molecule has 336 valence electrons. The van der Waals surface area contributed by atoms with E-state index in [2.05, 4.69) is 18.3 Å². The maximum Gasteiger partial charge on any atom is 0.599 e. The topological polar surface area (TPSA) is 124 Å².